The fraction of sp³-hybridized carbons (Fsp3) is 0.125. The molecule has 4 heteroatoms. The standard InChI is InChI=1S/C21H16N2O2.C2H6.CH4/c24-20-13-17-11-15-7-5-4-6-14(15)10-16(17)12-19(20)21(25)23-22-18-8-2-1-3-9-18;1-2;/h1-13,22,24H,(H,23,25);1-2H3;1H4. The molecule has 0 fully saturated rings. The zero-order chi connectivity index (χ0) is 19.2. The number of hydrazine groups is 1. The number of aromatic hydroxyl groups is 1. The second-order valence-corrected chi connectivity index (χ2v) is 5.86. The van der Waals surface area contributed by atoms with Gasteiger partial charge in [-0.25, -0.2) is 0 Å². The molecule has 4 rings (SSSR count). The summed E-state index contributed by atoms with van der Waals surface area (Å²) in [5.74, 6) is -0.438. The van der Waals surface area contributed by atoms with Crippen LogP contribution in [0.25, 0.3) is 21.5 Å². The molecule has 4 aromatic rings. The minimum atomic E-state index is -0.392. The van der Waals surface area contributed by atoms with Crippen molar-refractivity contribution in [3.63, 3.8) is 0 Å². The molecule has 0 spiro atoms. The van der Waals surface area contributed by atoms with Crippen molar-refractivity contribution in [3.8, 4) is 5.75 Å². The molecule has 0 radical (unpaired) electrons. The molecule has 0 unspecified atom stereocenters. The van der Waals surface area contributed by atoms with Crippen LogP contribution in [-0.2, 0) is 0 Å². The SMILES string of the molecule is C.CC.O=C(NNc1ccccc1)c1cc2cc3ccccc3cc2cc1O. The Bertz CT molecular complexity index is 1080. The fourth-order valence-electron chi connectivity index (χ4n) is 2.88. The summed E-state index contributed by atoms with van der Waals surface area (Å²) in [5.41, 5.74) is 6.44. The molecular weight excluding hydrogens is 348 g/mol. The lowest BCUT2D eigenvalue weighted by Gasteiger charge is -2.11. The van der Waals surface area contributed by atoms with Crippen molar-refractivity contribution in [2.75, 3.05) is 5.43 Å². The van der Waals surface area contributed by atoms with Gasteiger partial charge < -0.3 is 5.11 Å². The molecule has 0 saturated carbocycles. The normalized spacial score (nSPS) is 9.79. The van der Waals surface area contributed by atoms with Crippen LogP contribution in [0.15, 0.2) is 78.9 Å². The Morgan fingerprint density at radius 3 is 1.89 bits per heavy atom. The predicted octanol–water partition coefficient (Wildman–Crippen LogP) is 6.12. The van der Waals surface area contributed by atoms with Crippen LogP contribution < -0.4 is 10.9 Å². The topological polar surface area (TPSA) is 61.4 Å². The van der Waals surface area contributed by atoms with Crippen LogP contribution in [0, 0.1) is 0 Å². The molecule has 0 aromatic heterocycles. The average molecular weight is 374 g/mol. The van der Waals surface area contributed by atoms with E-state index in [9.17, 15) is 9.90 Å². The minimum Gasteiger partial charge on any atom is -0.507 e. The van der Waals surface area contributed by atoms with Gasteiger partial charge in [-0.15, -0.1) is 0 Å². The summed E-state index contributed by atoms with van der Waals surface area (Å²) in [5, 5.41) is 14.2. The number of hydrogen-bond donors (Lipinski definition) is 3. The first-order valence-corrected chi connectivity index (χ1v) is 8.98. The number of carbonyl (C=O) groups is 1. The van der Waals surface area contributed by atoms with Crippen molar-refractivity contribution in [2.45, 2.75) is 21.3 Å². The van der Waals surface area contributed by atoms with E-state index in [0.29, 0.717) is 0 Å². The number of phenolic OH excluding ortho intramolecular Hbond substituents is 1. The smallest absolute Gasteiger partial charge is 0.273 e. The van der Waals surface area contributed by atoms with E-state index < -0.39 is 5.91 Å². The van der Waals surface area contributed by atoms with Crippen molar-refractivity contribution in [1.82, 2.24) is 5.43 Å². The Morgan fingerprint density at radius 1 is 0.750 bits per heavy atom. The van der Waals surface area contributed by atoms with Gasteiger partial charge in [0.15, 0.2) is 0 Å². The van der Waals surface area contributed by atoms with Crippen molar-refractivity contribution < 1.29 is 9.90 Å². The van der Waals surface area contributed by atoms with Crippen LogP contribution in [0.3, 0.4) is 0 Å². The van der Waals surface area contributed by atoms with Crippen molar-refractivity contribution in [2.24, 2.45) is 0 Å². The Morgan fingerprint density at radius 2 is 1.29 bits per heavy atom. The van der Waals surface area contributed by atoms with Crippen LogP contribution in [0.2, 0.25) is 0 Å². The first kappa shape index (κ1) is 20.8. The Hall–Kier alpha value is -3.53. The summed E-state index contributed by atoms with van der Waals surface area (Å²) in [7, 11) is 0. The Kier molecular flexibility index (Phi) is 6.99. The van der Waals surface area contributed by atoms with Gasteiger partial charge >= 0.3 is 0 Å². The molecule has 0 aliphatic rings. The molecular formula is C24H26N2O2. The lowest BCUT2D eigenvalue weighted by atomic mass is 10.0. The highest BCUT2D eigenvalue weighted by molar-refractivity contribution is 6.05. The van der Waals surface area contributed by atoms with Gasteiger partial charge in [-0.1, -0.05) is 63.7 Å². The van der Waals surface area contributed by atoms with E-state index >= 15 is 0 Å². The first-order valence-electron chi connectivity index (χ1n) is 8.98. The van der Waals surface area contributed by atoms with Gasteiger partial charge in [0.2, 0.25) is 0 Å². The molecule has 144 valence electrons. The number of anilines is 1. The largest absolute Gasteiger partial charge is 0.507 e. The maximum absolute atomic E-state index is 12.4. The van der Waals surface area contributed by atoms with Crippen LogP contribution in [0.5, 0.6) is 5.75 Å². The molecule has 0 aliphatic carbocycles. The van der Waals surface area contributed by atoms with E-state index in [4.69, 9.17) is 0 Å². The van der Waals surface area contributed by atoms with Crippen molar-refractivity contribution in [1.29, 1.82) is 0 Å². The van der Waals surface area contributed by atoms with Gasteiger partial charge in [-0.2, -0.15) is 0 Å². The molecule has 3 N–H and O–H groups in total. The maximum atomic E-state index is 12.4. The van der Waals surface area contributed by atoms with E-state index in [1.165, 1.54) is 0 Å². The number of para-hydroxylation sites is 1. The quantitative estimate of drug-likeness (QED) is 0.299. The Balaban J connectivity index is 0.000000906. The molecule has 4 aromatic carbocycles. The van der Waals surface area contributed by atoms with Gasteiger partial charge in [0.1, 0.15) is 5.75 Å². The third kappa shape index (κ3) is 4.41. The van der Waals surface area contributed by atoms with E-state index in [2.05, 4.69) is 10.9 Å². The zero-order valence-electron chi connectivity index (χ0n) is 15.4. The third-order valence-electron chi connectivity index (χ3n) is 4.16. The van der Waals surface area contributed by atoms with Gasteiger partial charge in [0.05, 0.1) is 11.3 Å². The van der Waals surface area contributed by atoms with Crippen molar-refractivity contribution in [3.05, 3.63) is 84.4 Å². The number of rotatable bonds is 3. The fourth-order valence-corrected chi connectivity index (χ4v) is 2.88. The molecule has 28 heavy (non-hydrogen) atoms. The highest BCUT2D eigenvalue weighted by Gasteiger charge is 2.13. The summed E-state index contributed by atoms with van der Waals surface area (Å²) >= 11 is 0. The molecule has 4 nitrogen and oxygen atoms in total. The number of nitrogens with one attached hydrogen (secondary N) is 2. The second kappa shape index (κ2) is 9.42. The van der Waals surface area contributed by atoms with Gasteiger partial charge in [-0.05, 0) is 57.9 Å². The second-order valence-electron chi connectivity index (χ2n) is 5.86. The highest BCUT2D eigenvalue weighted by Crippen LogP contribution is 2.29. The summed E-state index contributed by atoms with van der Waals surface area (Å²) in [6.45, 7) is 4.00. The van der Waals surface area contributed by atoms with Crippen LogP contribution in [0.1, 0.15) is 31.6 Å². The maximum Gasteiger partial charge on any atom is 0.273 e. The summed E-state index contributed by atoms with van der Waals surface area (Å²) in [6, 6.07) is 24.7. The van der Waals surface area contributed by atoms with E-state index in [-0.39, 0.29) is 18.7 Å². The number of fused-ring (bicyclic) bond motifs is 2. The first-order chi connectivity index (χ1) is 13.2. The average Bonchev–Trinajstić information content (AvgIpc) is 2.72. The summed E-state index contributed by atoms with van der Waals surface area (Å²) in [6.07, 6.45) is 0. The third-order valence-corrected chi connectivity index (χ3v) is 4.16. The number of benzene rings is 4. The molecule has 0 atom stereocenters. The highest BCUT2D eigenvalue weighted by atomic mass is 16.3. The number of hydrogen-bond acceptors (Lipinski definition) is 3. The predicted molar refractivity (Wildman–Crippen MR) is 119 cm³/mol. The number of phenols is 1. The van der Waals surface area contributed by atoms with Gasteiger partial charge in [0, 0.05) is 0 Å². The lowest BCUT2D eigenvalue weighted by molar-refractivity contribution is 0.0960. The van der Waals surface area contributed by atoms with Crippen LogP contribution >= 0.6 is 0 Å². The minimum absolute atomic E-state index is 0. The number of carbonyl (C=O) groups excluding carboxylic acids is 1. The molecule has 0 bridgehead atoms. The molecule has 0 saturated heterocycles. The van der Waals surface area contributed by atoms with Crippen LogP contribution in [-0.4, -0.2) is 11.0 Å². The van der Waals surface area contributed by atoms with Gasteiger partial charge in [0.25, 0.3) is 5.91 Å². The van der Waals surface area contributed by atoms with Crippen molar-refractivity contribution >= 4 is 33.1 Å². The molecule has 0 heterocycles. The zero-order valence-corrected chi connectivity index (χ0v) is 15.4. The van der Waals surface area contributed by atoms with E-state index in [0.717, 1.165) is 27.2 Å². The lowest BCUT2D eigenvalue weighted by Crippen LogP contribution is -2.29. The van der Waals surface area contributed by atoms with Crippen LogP contribution in [0.4, 0.5) is 5.69 Å². The van der Waals surface area contributed by atoms with Gasteiger partial charge in [-0.3, -0.25) is 15.6 Å². The summed E-state index contributed by atoms with van der Waals surface area (Å²) in [4.78, 5) is 12.4. The van der Waals surface area contributed by atoms with E-state index in [1.807, 2.05) is 80.6 Å². The molecule has 0 aliphatic heterocycles. The molecule has 1 amide bonds. The Labute approximate surface area is 165 Å². The summed E-state index contributed by atoms with van der Waals surface area (Å²) < 4.78 is 0. The number of amides is 1. The monoisotopic (exact) mass is 374 g/mol. The van der Waals surface area contributed by atoms with E-state index in [1.54, 1.807) is 12.1 Å².